The normalized spacial score (nSPS) is 17.8. The van der Waals surface area contributed by atoms with Crippen LogP contribution in [0.5, 0.6) is 11.5 Å². The Morgan fingerprint density at radius 2 is 2.00 bits per heavy atom. The number of nitrogens with one attached hydrogen (secondary N) is 1. The minimum atomic E-state index is -0.0563. The summed E-state index contributed by atoms with van der Waals surface area (Å²) in [7, 11) is 3.25. The Morgan fingerprint density at radius 1 is 1.22 bits per heavy atom. The first-order valence-corrected chi connectivity index (χ1v) is 8.40. The van der Waals surface area contributed by atoms with E-state index in [1.54, 1.807) is 14.2 Å². The number of nitrogens with zero attached hydrogens (tertiary/aromatic N) is 1. The SMILES string of the molecule is COc1ccccc1C1CNCCN1C(=O)c1sccc1OC. The molecule has 1 atom stereocenters. The van der Waals surface area contributed by atoms with Crippen LogP contribution in [0.2, 0.25) is 0 Å². The number of amides is 1. The van der Waals surface area contributed by atoms with Crippen molar-refractivity contribution >= 4 is 17.2 Å². The van der Waals surface area contributed by atoms with Gasteiger partial charge in [0.15, 0.2) is 0 Å². The molecule has 0 saturated carbocycles. The average Bonchev–Trinajstić information content (AvgIpc) is 3.09. The molecule has 1 aliphatic heterocycles. The predicted octanol–water partition coefficient (Wildman–Crippen LogP) is 2.55. The number of hydrogen-bond donors (Lipinski definition) is 1. The summed E-state index contributed by atoms with van der Waals surface area (Å²) in [6, 6.07) is 9.63. The predicted molar refractivity (Wildman–Crippen MR) is 90.5 cm³/mol. The maximum Gasteiger partial charge on any atom is 0.268 e. The number of rotatable bonds is 4. The van der Waals surface area contributed by atoms with Gasteiger partial charge >= 0.3 is 0 Å². The number of hydrogen-bond acceptors (Lipinski definition) is 5. The number of para-hydroxylation sites is 1. The zero-order valence-corrected chi connectivity index (χ0v) is 14.1. The van der Waals surface area contributed by atoms with Gasteiger partial charge in [0.05, 0.1) is 20.3 Å². The van der Waals surface area contributed by atoms with Crippen molar-refractivity contribution in [1.82, 2.24) is 10.2 Å². The molecule has 122 valence electrons. The Labute approximate surface area is 139 Å². The lowest BCUT2D eigenvalue weighted by atomic mass is 10.0. The van der Waals surface area contributed by atoms with Crippen LogP contribution >= 0.6 is 11.3 Å². The molecule has 2 aromatic rings. The van der Waals surface area contributed by atoms with Crippen molar-refractivity contribution in [2.45, 2.75) is 6.04 Å². The summed E-state index contributed by atoms with van der Waals surface area (Å²) in [5.41, 5.74) is 1.02. The van der Waals surface area contributed by atoms with Crippen LogP contribution in [-0.2, 0) is 0 Å². The first-order valence-electron chi connectivity index (χ1n) is 7.52. The molecule has 1 aromatic heterocycles. The Hall–Kier alpha value is -2.05. The van der Waals surface area contributed by atoms with E-state index >= 15 is 0 Å². The van der Waals surface area contributed by atoms with Crippen molar-refractivity contribution < 1.29 is 14.3 Å². The summed E-state index contributed by atoms with van der Waals surface area (Å²) in [5, 5.41) is 5.25. The third-order valence-electron chi connectivity index (χ3n) is 4.05. The quantitative estimate of drug-likeness (QED) is 0.935. The summed E-state index contributed by atoms with van der Waals surface area (Å²) in [6.07, 6.45) is 0. The zero-order chi connectivity index (χ0) is 16.2. The number of ether oxygens (including phenoxy) is 2. The summed E-state index contributed by atoms with van der Waals surface area (Å²) >= 11 is 1.42. The second kappa shape index (κ2) is 7.02. The van der Waals surface area contributed by atoms with Crippen LogP contribution in [0.15, 0.2) is 35.7 Å². The van der Waals surface area contributed by atoms with Crippen molar-refractivity contribution in [3.63, 3.8) is 0 Å². The molecular weight excluding hydrogens is 312 g/mol. The van der Waals surface area contributed by atoms with E-state index in [4.69, 9.17) is 9.47 Å². The van der Waals surface area contributed by atoms with Gasteiger partial charge in [0.2, 0.25) is 0 Å². The first-order chi connectivity index (χ1) is 11.3. The molecule has 0 bridgehead atoms. The van der Waals surface area contributed by atoms with Gasteiger partial charge in [-0.2, -0.15) is 0 Å². The van der Waals surface area contributed by atoms with Gasteiger partial charge in [-0.1, -0.05) is 18.2 Å². The minimum absolute atomic E-state index is 0.00857. The highest BCUT2D eigenvalue weighted by molar-refractivity contribution is 7.12. The van der Waals surface area contributed by atoms with Crippen LogP contribution < -0.4 is 14.8 Å². The van der Waals surface area contributed by atoms with Crippen LogP contribution in [0.4, 0.5) is 0 Å². The molecule has 1 amide bonds. The smallest absolute Gasteiger partial charge is 0.268 e. The fraction of sp³-hybridized carbons (Fsp3) is 0.353. The van der Waals surface area contributed by atoms with E-state index in [1.807, 2.05) is 40.6 Å². The number of carbonyl (C=O) groups excluding carboxylic acids is 1. The lowest BCUT2D eigenvalue weighted by molar-refractivity contribution is 0.0633. The summed E-state index contributed by atoms with van der Waals surface area (Å²) < 4.78 is 10.8. The van der Waals surface area contributed by atoms with E-state index in [0.29, 0.717) is 23.7 Å². The van der Waals surface area contributed by atoms with Gasteiger partial charge in [-0.15, -0.1) is 11.3 Å². The molecule has 0 radical (unpaired) electrons. The van der Waals surface area contributed by atoms with Crippen molar-refractivity contribution in [1.29, 1.82) is 0 Å². The Morgan fingerprint density at radius 3 is 2.78 bits per heavy atom. The second-order valence-corrected chi connectivity index (χ2v) is 6.19. The fourth-order valence-corrected chi connectivity index (χ4v) is 3.72. The molecule has 2 heterocycles. The van der Waals surface area contributed by atoms with Gasteiger partial charge in [0.25, 0.3) is 5.91 Å². The van der Waals surface area contributed by atoms with Crippen molar-refractivity contribution in [3.8, 4) is 11.5 Å². The highest BCUT2D eigenvalue weighted by atomic mass is 32.1. The highest BCUT2D eigenvalue weighted by Gasteiger charge is 2.32. The van der Waals surface area contributed by atoms with Crippen LogP contribution in [0.3, 0.4) is 0 Å². The molecule has 1 N–H and O–H groups in total. The van der Waals surface area contributed by atoms with Gasteiger partial charge < -0.3 is 19.7 Å². The third-order valence-corrected chi connectivity index (χ3v) is 4.93. The molecule has 23 heavy (non-hydrogen) atoms. The maximum atomic E-state index is 13.0. The lowest BCUT2D eigenvalue weighted by Crippen LogP contribution is -2.48. The number of thiophene rings is 1. The molecule has 0 aliphatic carbocycles. The summed E-state index contributed by atoms with van der Waals surface area (Å²) in [5.74, 6) is 1.45. The molecule has 1 fully saturated rings. The lowest BCUT2D eigenvalue weighted by Gasteiger charge is -2.37. The largest absolute Gasteiger partial charge is 0.496 e. The van der Waals surface area contributed by atoms with Gasteiger partial charge in [-0.3, -0.25) is 4.79 Å². The van der Waals surface area contributed by atoms with E-state index < -0.39 is 0 Å². The van der Waals surface area contributed by atoms with Crippen molar-refractivity contribution in [2.24, 2.45) is 0 Å². The third kappa shape index (κ3) is 3.04. The molecule has 1 aliphatic rings. The Bertz CT molecular complexity index is 686. The van der Waals surface area contributed by atoms with Gasteiger partial charge in [0.1, 0.15) is 16.4 Å². The van der Waals surface area contributed by atoms with Gasteiger partial charge in [-0.05, 0) is 17.5 Å². The summed E-state index contributed by atoms with van der Waals surface area (Å²) in [6.45, 7) is 2.15. The van der Waals surface area contributed by atoms with Crippen LogP contribution in [0.1, 0.15) is 21.3 Å². The van der Waals surface area contributed by atoms with E-state index in [0.717, 1.165) is 17.9 Å². The molecule has 1 unspecified atom stereocenters. The number of carbonyl (C=O) groups is 1. The molecule has 1 aromatic carbocycles. The van der Waals surface area contributed by atoms with Crippen molar-refractivity contribution in [2.75, 3.05) is 33.9 Å². The molecule has 5 nitrogen and oxygen atoms in total. The van der Waals surface area contributed by atoms with E-state index in [-0.39, 0.29) is 11.9 Å². The highest BCUT2D eigenvalue weighted by Crippen LogP contribution is 2.33. The van der Waals surface area contributed by atoms with Crippen LogP contribution in [0.25, 0.3) is 0 Å². The molecule has 6 heteroatoms. The van der Waals surface area contributed by atoms with E-state index in [9.17, 15) is 4.79 Å². The second-order valence-electron chi connectivity index (χ2n) is 5.28. The minimum Gasteiger partial charge on any atom is -0.496 e. The molecular formula is C17H20N2O3S. The number of piperazine rings is 1. The monoisotopic (exact) mass is 332 g/mol. The van der Waals surface area contributed by atoms with Crippen LogP contribution in [0, 0.1) is 0 Å². The topological polar surface area (TPSA) is 50.8 Å². The van der Waals surface area contributed by atoms with Gasteiger partial charge in [0, 0.05) is 25.2 Å². The Kier molecular flexibility index (Phi) is 4.83. The molecule has 3 rings (SSSR count). The van der Waals surface area contributed by atoms with Gasteiger partial charge in [-0.25, -0.2) is 0 Å². The standard InChI is InChI=1S/C17H20N2O3S/c1-21-14-6-4-3-5-12(14)13-11-18-8-9-19(13)17(20)16-15(22-2)7-10-23-16/h3-7,10,13,18H,8-9,11H2,1-2H3. The van der Waals surface area contributed by atoms with Crippen molar-refractivity contribution in [3.05, 3.63) is 46.2 Å². The molecule has 0 spiro atoms. The Balaban J connectivity index is 1.94. The van der Waals surface area contributed by atoms with E-state index in [1.165, 1.54) is 11.3 Å². The summed E-state index contributed by atoms with van der Waals surface area (Å²) in [4.78, 5) is 15.6. The number of methoxy groups -OCH3 is 2. The zero-order valence-electron chi connectivity index (χ0n) is 13.2. The van der Waals surface area contributed by atoms with Crippen LogP contribution in [-0.4, -0.2) is 44.7 Å². The maximum absolute atomic E-state index is 13.0. The molecule has 1 saturated heterocycles. The van der Waals surface area contributed by atoms with E-state index in [2.05, 4.69) is 5.32 Å². The first kappa shape index (κ1) is 15.8. The fourth-order valence-electron chi connectivity index (χ4n) is 2.91. The average molecular weight is 332 g/mol. The number of benzene rings is 1.